The number of piperazine rings is 1. The van der Waals surface area contributed by atoms with Crippen LogP contribution in [-0.4, -0.2) is 48.9 Å². The van der Waals surface area contributed by atoms with Gasteiger partial charge < -0.3 is 14.3 Å². The molecule has 1 saturated heterocycles. The summed E-state index contributed by atoms with van der Waals surface area (Å²) in [5.41, 5.74) is 2.85. The van der Waals surface area contributed by atoms with E-state index in [4.69, 9.17) is 4.42 Å². The third kappa shape index (κ3) is 4.53. The molecule has 1 aliphatic rings. The molecule has 3 aromatic rings. The smallest absolute Gasteiger partial charge is 0.276 e. The van der Waals surface area contributed by atoms with E-state index in [0.29, 0.717) is 55.2 Å². The molecule has 8 nitrogen and oxygen atoms in total. The first-order chi connectivity index (χ1) is 14.4. The predicted molar refractivity (Wildman–Crippen MR) is 121 cm³/mol. The lowest BCUT2D eigenvalue weighted by Gasteiger charge is -2.34. The van der Waals surface area contributed by atoms with Crippen molar-refractivity contribution in [3.8, 4) is 11.3 Å². The molecule has 1 fully saturated rings. The molecule has 31 heavy (non-hydrogen) atoms. The van der Waals surface area contributed by atoms with E-state index in [1.165, 1.54) is 10.4 Å². The molecule has 10 heteroatoms. The molecule has 3 aromatic heterocycles. The molecule has 0 amide bonds. The zero-order valence-electron chi connectivity index (χ0n) is 17.4. The lowest BCUT2D eigenvalue weighted by molar-refractivity contribution is 0.364. The zero-order valence-corrected chi connectivity index (χ0v) is 19.0. The number of rotatable bonds is 5. The van der Waals surface area contributed by atoms with Crippen molar-refractivity contribution < 1.29 is 12.8 Å². The van der Waals surface area contributed by atoms with Gasteiger partial charge in [-0.2, -0.15) is 4.31 Å². The number of aromatic nitrogens is 2. The minimum absolute atomic E-state index is 0. The van der Waals surface area contributed by atoms with Crippen molar-refractivity contribution in [2.45, 2.75) is 25.4 Å². The number of hydrogen-bond donors (Lipinski definition) is 1. The van der Waals surface area contributed by atoms with E-state index in [9.17, 15) is 13.2 Å². The van der Waals surface area contributed by atoms with Gasteiger partial charge in [0.05, 0.1) is 0 Å². The minimum Gasteiger partial charge on any atom is -0.443 e. The summed E-state index contributed by atoms with van der Waals surface area (Å²) >= 11 is 0. The number of furan rings is 1. The topological polar surface area (TPSA) is 99.5 Å². The Morgan fingerprint density at radius 3 is 2.42 bits per heavy atom. The molecule has 166 valence electrons. The fourth-order valence-corrected chi connectivity index (χ4v) is 4.99. The van der Waals surface area contributed by atoms with Gasteiger partial charge >= 0.3 is 0 Å². The van der Waals surface area contributed by atoms with Gasteiger partial charge in [-0.3, -0.25) is 9.78 Å². The number of halogens is 1. The van der Waals surface area contributed by atoms with E-state index in [0.717, 1.165) is 5.69 Å². The van der Waals surface area contributed by atoms with Crippen LogP contribution in [0.2, 0.25) is 0 Å². The van der Waals surface area contributed by atoms with Crippen LogP contribution in [0.5, 0.6) is 0 Å². The van der Waals surface area contributed by atoms with E-state index in [-0.39, 0.29) is 23.1 Å². The van der Waals surface area contributed by atoms with Crippen LogP contribution >= 0.6 is 12.4 Å². The van der Waals surface area contributed by atoms with Crippen LogP contribution in [0.25, 0.3) is 11.3 Å². The highest BCUT2D eigenvalue weighted by Gasteiger charge is 2.31. The van der Waals surface area contributed by atoms with Gasteiger partial charge in [-0.25, -0.2) is 8.42 Å². The number of pyridine rings is 2. The fourth-order valence-electron chi connectivity index (χ4n) is 3.66. The molecule has 4 heterocycles. The summed E-state index contributed by atoms with van der Waals surface area (Å²) in [5, 5.41) is -0.0847. The Kier molecular flexibility index (Phi) is 6.88. The first-order valence-electron chi connectivity index (χ1n) is 9.88. The Bertz CT molecular complexity index is 1200. The zero-order chi connectivity index (χ0) is 21.3. The maximum atomic E-state index is 13.1. The van der Waals surface area contributed by atoms with Crippen molar-refractivity contribution >= 4 is 28.1 Å². The molecule has 0 bridgehead atoms. The van der Waals surface area contributed by atoms with Crippen molar-refractivity contribution in [3.05, 3.63) is 64.3 Å². The third-order valence-electron chi connectivity index (χ3n) is 5.40. The Labute approximate surface area is 187 Å². The maximum absolute atomic E-state index is 13.1. The van der Waals surface area contributed by atoms with Gasteiger partial charge in [-0.15, -0.1) is 12.4 Å². The van der Waals surface area contributed by atoms with Crippen molar-refractivity contribution in [3.63, 3.8) is 0 Å². The van der Waals surface area contributed by atoms with Crippen LogP contribution in [0.1, 0.15) is 18.2 Å². The molecule has 1 N–H and O–H groups in total. The quantitative estimate of drug-likeness (QED) is 0.623. The summed E-state index contributed by atoms with van der Waals surface area (Å²) in [6, 6.07) is 8.72. The SMILES string of the molecule is CCc1cc(-c2ccc(S(=O)(=O)N3CCN(c4ccncc4)CC3)o2)c(C)[nH]c1=O.Cl. The van der Waals surface area contributed by atoms with Crippen LogP contribution in [0.4, 0.5) is 5.69 Å². The first kappa shape index (κ1) is 23.1. The molecule has 0 atom stereocenters. The van der Waals surface area contributed by atoms with Crippen LogP contribution in [0, 0.1) is 6.92 Å². The second-order valence-corrected chi connectivity index (χ2v) is 9.10. The normalized spacial score (nSPS) is 15.0. The number of aromatic amines is 1. The van der Waals surface area contributed by atoms with Crippen molar-refractivity contribution in [1.29, 1.82) is 0 Å². The molecular formula is C21H25ClN4O4S. The highest BCUT2D eigenvalue weighted by molar-refractivity contribution is 7.89. The van der Waals surface area contributed by atoms with E-state index >= 15 is 0 Å². The van der Waals surface area contributed by atoms with E-state index in [1.54, 1.807) is 31.5 Å². The van der Waals surface area contributed by atoms with Gasteiger partial charge in [0.25, 0.3) is 15.6 Å². The van der Waals surface area contributed by atoms with E-state index in [1.807, 2.05) is 19.1 Å². The number of anilines is 1. The van der Waals surface area contributed by atoms with Gasteiger partial charge in [0, 0.05) is 61.1 Å². The van der Waals surface area contributed by atoms with Gasteiger partial charge in [0.1, 0.15) is 5.76 Å². The minimum atomic E-state index is -3.74. The molecule has 0 aromatic carbocycles. The molecule has 0 aliphatic carbocycles. The highest BCUT2D eigenvalue weighted by Crippen LogP contribution is 2.29. The van der Waals surface area contributed by atoms with Gasteiger partial charge in [-0.1, -0.05) is 6.92 Å². The van der Waals surface area contributed by atoms with Crippen molar-refractivity contribution in [1.82, 2.24) is 14.3 Å². The van der Waals surface area contributed by atoms with Gasteiger partial charge in [-0.05, 0) is 43.7 Å². The Morgan fingerprint density at radius 2 is 1.77 bits per heavy atom. The Morgan fingerprint density at radius 1 is 1.10 bits per heavy atom. The van der Waals surface area contributed by atoms with Crippen LogP contribution in [0.3, 0.4) is 0 Å². The lowest BCUT2D eigenvalue weighted by atomic mass is 10.1. The number of hydrogen-bond acceptors (Lipinski definition) is 6. The first-order valence-corrected chi connectivity index (χ1v) is 11.3. The summed E-state index contributed by atoms with van der Waals surface area (Å²) in [7, 11) is -3.74. The molecule has 1 aliphatic heterocycles. The number of nitrogens with one attached hydrogen (secondary N) is 1. The standard InChI is InChI=1S/C21H24N4O4S.ClH/c1-3-16-14-18(15(2)23-21(16)26)19-4-5-20(29-19)30(27,28)25-12-10-24(11-13-25)17-6-8-22-9-7-17;/h4-9,14H,3,10-13H2,1-2H3,(H,23,26);1H. The summed E-state index contributed by atoms with van der Waals surface area (Å²) in [6.45, 7) is 5.60. The summed E-state index contributed by atoms with van der Waals surface area (Å²) in [5.74, 6) is 0.424. The number of H-pyrrole nitrogens is 1. The fraction of sp³-hybridized carbons (Fsp3) is 0.333. The maximum Gasteiger partial charge on any atom is 0.276 e. The average Bonchev–Trinajstić information content (AvgIpc) is 3.25. The third-order valence-corrected chi connectivity index (χ3v) is 7.18. The van der Waals surface area contributed by atoms with Crippen LogP contribution in [0.15, 0.2) is 57.0 Å². The summed E-state index contributed by atoms with van der Waals surface area (Å²) in [4.78, 5) is 20.9. The second kappa shape index (κ2) is 9.25. The largest absolute Gasteiger partial charge is 0.443 e. The molecule has 0 spiro atoms. The molecular weight excluding hydrogens is 440 g/mol. The Balaban J connectivity index is 0.00000272. The molecule has 0 unspecified atom stereocenters. The predicted octanol–water partition coefficient (Wildman–Crippen LogP) is 2.83. The average molecular weight is 465 g/mol. The summed E-state index contributed by atoms with van der Waals surface area (Å²) in [6.07, 6.45) is 4.04. The van der Waals surface area contributed by atoms with Crippen LogP contribution in [-0.2, 0) is 16.4 Å². The molecule has 4 rings (SSSR count). The summed E-state index contributed by atoms with van der Waals surface area (Å²) < 4.78 is 33.4. The molecule has 0 radical (unpaired) electrons. The Hall–Kier alpha value is -2.62. The number of sulfonamides is 1. The lowest BCUT2D eigenvalue weighted by Crippen LogP contribution is -2.48. The number of aryl methyl sites for hydroxylation is 2. The van der Waals surface area contributed by atoms with Crippen molar-refractivity contribution in [2.75, 3.05) is 31.1 Å². The van der Waals surface area contributed by atoms with Gasteiger partial charge in [0.2, 0.25) is 5.09 Å². The number of nitrogens with zero attached hydrogens (tertiary/aromatic N) is 3. The van der Waals surface area contributed by atoms with Gasteiger partial charge in [0.15, 0.2) is 0 Å². The molecule has 0 saturated carbocycles. The van der Waals surface area contributed by atoms with Crippen LogP contribution < -0.4 is 10.5 Å². The van der Waals surface area contributed by atoms with Crippen molar-refractivity contribution in [2.24, 2.45) is 0 Å². The van der Waals surface area contributed by atoms with E-state index in [2.05, 4.69) is 14.9 Å². The van der Waals surface area contributed by atoms with E-state index < -0.39 is 10.0 Å². The highest BCUT2D eigenvalue weighted by atomic mass is 35.5. The monoisotopic (exact) mass is 464 g/mol. The second-order valence-electron chi connectivity index (χ2n) is 7.23.